The summed E-state index contributed by atoms with van der Waals surface area (Å²) in [5.74, 6) is 0.145. The molecule has 0 fully saturated rings. The summed E-state index contributed by atoms with van der Waals surface area (Å²) in [6, 6.07) is 7.24. The lowest BCUT2D eigenvalue weighted by Gasteiger charge is -2.04. The Labute approximate surface area is 87.7 Å². The van der Waals surface area contributed by atoms with E-state index in [1.165, 1.54) is 24.3 Å². The van der Waals surface area contributed by atoms with E-state index in [2.05, 4.69) is 4.18 Å². The lowest BCUT2D eigenvalue weighted by atomic mass is 10.1. The van der Waals surface area contributed by atoms with Crippen molar-refractivity contribution < 1.29 is 17.7 Å². The molecule has 0 heterocycles. The zero-order valence-corrected chi connectivity index (χ0v) is 8.73. The smallest absolute Gasteiger partial charge is 0.306 e. The molecule has 5 nitrogen and oxygen atoms in total. The second-order valence-electron chi connectivity index (χ2n) is 2.89. The van der Waals surface area contributed by atoms with Crippen LogP contribution in [0, 0.1) is 11.3 Å². The number of aliphatic hydroxyl groups excluding tert-OH is 1. The zero-order valence-electron chi connectivity index (χ0n) is 7.91. The molecule has 1 atom stereocenters. The first-order valence-electron chi connectivity index (χ1n) is 3.99. The van der Waals surface area contributed by atoms with Crippen molar-refractivity contribution in [3.8, 4) is 11.8 Å². The van der Waals surface area contributed by atoms with E-state index in [0.717, 1.165) is 6.26 Å². The van der Waals surface area contributed by atoms with Crippen molar-refractivity contribution in [1.82, 2.24) is 0 Å². The summed E-state index contributed by atoms with van der Waals surface area (Å²) in [4.78, 5) is 0. The van der Waals surface area contributed by atoms with Gasteiger partial charge >= 0.3 is 10.1 Å². The molecule has 1 aromatic rings. The summed E-state index contributed by atoms with van der Waals surface area (Å²) in [6.07, 6.45) is -0.275. The fraction of sp³-hybridized carbons (Fsp3) is 0.222. The van der Waals surface area contributed by atoms with Crippen molar-refractivity contribution >= 4 is 10.1 Å². The Balaban J connectivity index is 2.87. The van der Waals surface area contributed by atoms with Gasteiger partial charge in [-0.25, -0.2) is 0 Å². The van der Waals surface area contributed by atoms with Crippen LogP contribution in [-0.2, 0) is 10.1 Å². The fourth-order valence-electron chi connectivity index (χ4n) is 0.955. The second-order valence-corrected chi connectivity index (χ2v) is 4.46. The van der Waals surface area contributed by atoms with Crippen LogP contribution in [0.4, 0.5) is 0 Å². The maximum absolute atomic E-state index is 10.8. The third-order valence-corrected chi connectivity index (χ3v) is 2.06. The molecule has 0 aliphatic carbocycles. The summed E-state index contributed by atoms with van der Waals surface area (Å²) < 4.78 is 26.1. The average Bonchev–Trinajstić information content (AvgIpc) is 2.15. The first-order valence-corrected chi connectivity index (χ1v) is 5.81. The maximum atomic E-state index is 10.8. The van der Waals surface area contributed by atoms with Gasteiger partial charge in [0.25, 0.3) is 0 Å². The van der Waals surface area contributed by atoms with E-state index >= 15 is 0 Å². The number of nitriles is 1. The van der Waals surface area contributed by atoms with Crippen molar-refractivity contribution in [2.24, 2.45) is 0 Å². The van der Waals surface area contributed by atoms with E-state index in [0.29, 0.717) is 5.56 Å². The van der Waals surface area contributed by atoms with E-state index in [1.54, 1.807) is 6.07 Å². The van der Waals surface area contributed by atoms with Gasteiger partial charge in [0.15, 0.2) is 6.10 Å². The lowest BCUT2D eigenvalue weighted by Crippen LogP contribution is -2.05. The Hall–Kier alpha value is -1.58. The number of benzene rings is 1. The van der Waals surface area contributed by atoms with Crippen molar-refractivity contribution in [3.63, 3.8) is 0 Å². The Bertz CT molecular complexity index is 472. The SMILES string of the molecule is CS(=O)(=O)Oc1ccc(C(O)C#N)cc1. The van der Waals surface area contributed by atoms with Crippen LogP contribution >= 0.6 is 0 Å². The van der Waals surface area contributed by atoms with E-state index in [-0.39, 0.29) is 5.75 Å². The molecule has 0 saturated heterocycles. The molecule has 1 N–H and O–H groups in total. The Morgan fingerprint density at radius 1 is 1.40 bits per heavy atom. The van der Waals surface area contributed by atoms with Crippen molar-refractivity contribution in [2.75, 3.05) is 6.26 Å². The lowest BCUT2D eigenvalue weighted by molar-refractivity contribution is 0.236. The van der Waals surface area contributed by atoms with Gasteiger partial charge in [0.2, 0.25) is 0 Å². The average molecular weight is 227 g/mol. The van der Waals surface area contributed by atoms with Crippen LogP contribution in [0.15, 0.2) is 24.3 Å². The van der Waals surface area contributed by atoms with Crippen LogP contribution in [0.2, 0.25) is 0 Å². The highest BCUT2D eigenvalue weighted by Gasteiger charge is 2.07. The van der Waals surface area contributed by atoms with Gasteiger partial charge in [-0.2, -0.15) is 13.7 Å². The van der Waals surface area contributed by atoms with E-state index < -0.39 is 16.2 Å². The van der Waals surface area contributed by atoms with Crippen LogP contribution < -0.4 is 4.18 Å². The predicted molar refractivity (Wildman–Crippen MR) is 52.5 cm³/mol. The maximum Gasteiger partial charge on any atom is 0.306 e. The number of hydrogen-bond donors (Lipinski definition) is 1. The van der Waals surface area contributed by atoms with Gasteiger partial charge in [0.1, 0.15) is 5.75 Å². The first kappa shape index (κ1) is 11.5. The molecule has 0 radical (unpaired) electrons. The minimum Gasteiger partial charge on any atom is -0.383 e. The summed E-state index contributed by atoms with van der Waals surface area (Å²) in [7, 11) is -3.54. The molecule has 15 heavy (non-hydrogen) atoms. The van der Waals surface area contributed by atoms with E-state index in [9.17, 15) is 8.42 Å². The molecule has 0 amide bonds. The standard InChI is InChI=1S/C9H9NO4S/c1-15(12,13)14-8-4-2-7(3-5-8)9(11)6-10/h2-5,9,11H,1H3. The van der Waals surface area contributed by atoms with Gasteiger partial charge in [-0.15, -0.1) is 0 Å². The number of hydrogen-bond acceptors (Lipinski definition) is 5. The van der Waals surface area contributed by atoms with Crippen molar-refractivity contribution in [2.45, 2.75) is 6.10 Å². The molecule has 0 spiro atoms. The summed E-state index contributed by atoms with van der Waals surface area (Å²) in [6.45, 7) is 0. The van der Waals surface area contributed by atoms with Crippen LogP contribution in [0.3, 0.4) is 0 Å². The highest BCUT2D eigenvalue weighted by molar-refractivity contribution is 7.86. The zero-order chi connectivity index (χ0) is 11.5. The molecule has 0 aromatic heterocycles. The molecule has 1 rings (SSSR count). The molecule has 0 bridgehead atoms. The van der Waals surface area contributed by atoms with Gasteiger partial charge in [-0.3, -0.25) is 0 Å². The Kier molecular flexibility index (Phi) is 3.29. The molecule has 80 valence electrons. The minimum absolute atomic E-state index is 0.145. The van der Waals surface area contributed by atoms with Crippen LogP contribution in [0.5, 0.6) is 5.75 Å². The molecule has 0 saturated carbocycles. The van der Waals surface area contributed by atoms with Gasteiger partial charge in [-0.05, 0) is 17.7 Å². The Morgan fingerprint density at radius 2 is 1.93 bits per heavy atom. The third kappa shape index (κ3) is 3.58. The molecule has 0 aliphatic rings. The van der Waals surface area contributed by atoms with Crippen LogP contribution in [0.1, 0.15) is 11.7 Å². The molecule has 1 unspecified atom stereocenters. The summed E-state index contributed by atoms with van der Waals surface area (Å²) in [5.41, 5.74) is 0.387. The highest BCUT2D eigenvalue weighted by Crippen LogP contribution is 2.18. The molecule has 1 aromatic carbocycles. The molecule has 6 heteroatoms. The topological polar surface area (TPSA) is 87.4 Å². The van der Waals surface area contributed by atoms with Gasteiger partial charge in [-0.1, -0.05) is 12.1 Å². The fourth-order valence-corrected chi connectivity index (χ4v) is 1.42. The first-order chi connectivity index (χ1) is 6.92. The molecular weight excluding hydrogens is 218 g/mol. The molecule has 0 aliphatic heterocycles. The van der Waals surface area contributed by atoms with Crippen molar-refractivity contribution in [3.05, 3.63) is 29.8 Å². The summed E-state index contributed by atoms with van der Waals surface area (Å²) in [5, 5.41) is 17.5. The van der Waals surface area contributed by atoms with Crippen LogP contribution in [-0.4, -0.2) is 19.8 Å². The quantitative estimate of drug-likeness (QED) is 0.603. The minimum atomic E-state index is -3.54. The normalized spacial score (nSPS) is 12.9. The third-order valence-electron chi connectivity index (χ3n) is 1.57. The number of rotatable bonds is 3. The Morgan fingerprint density at radius 3 is 2.33 bits per heavy atom. The van der Waals surface area contributed by atoms with Crippen LogP contribution in [0.25, 0.3) is 0 Å². The monoisotopic (exact) mass is 227 g/mol. The largest absolute Gasteiger partial charge is 0.383 e. The van der Waals surface area contributed by atoms with E-state index in [4.69, 9.17) is 10.4 Å². The van der Waals surface area contributed by atoms with Crippen molar-refractivity contribution in [1.29, 1.82) is 5.26 Å². The van der Waals surface area contributed by atoms with E-state index in [1.807, 2.05) is 0 Å². The van der Waals surface area contributed by atoms with Gasteiger partial charge < -0.3 is 9.29 Å². The van der Waals surface area contributed by atoms with Gasteiger partial charge in [0, 0.05) is 0 Å². The highest BCUT2D eigenvalue weighted by atomic mass is 32.2. The molecular formula is C9H9NO4S. The predicted octanol–water partition coefficient (Wildman–Crippen LogP) is 0.582. The number of nitrogens with zero attached hydrogens (tertiary/aromatic N) is 1. The number of aliphatic hydroxyl groups is 1. The van der Waals surface area contributed by atoms with Gasteiger partial charge in [0.05, 0.1) is 12.3 Å². The summed E-state index contributed by atoms with van der Waals surface area (Å²) >= 11 is 0. The second kappa shape index (κ2) is 4.29.